The second-order valence-corrected chi connectivity index (χ2v) is 15.0. The molecule has 0 bridgehead atoms. The van der Waals surface area contributed by atoms with Crippen LogP contribution in [-0.2, 0) is 38.8 Å². The van der Waals surface area contributed by atoms with Crippen LogP contribution in [-0.4, -0.2) is 91.2 Å². The number of carbonyl (C=O) groups excluding carboxylic acids is 5. The molecular formula is C44H40N8O6. The van der Waals surface area contributed by atoms with E-state index in [0.717, 1.165) is 65.2 Å². The monoisotopic (exact) mass is 776 g/mol. The van der Waals surface area contributed by atoms with E-state index in [1.165, 1.54) is 4.90 Å². The number of fused-ring (bicyclic) bond motifs is 3. The molecular weight excluding hydrogens is 737 g/mol. The molecule has 2 fully saturated rings. The summed E-state index contributed by atoms with van der Waals surface area (Å²) < 4.78 is 7.96. The fourth-order valence-corrected chi connectivity index (χ4v) is 8.42. The van der Waals surface area contributed by atoms with Crippen molar-refractivity contribution in [3.63, 3.8) is 0 Å². The number of ether oxygens (including phenoxy) is 1. The number of rotatable bonds is 6. The van der Waals surface area contributed by atoms with Gasteiger partial charge in [0.25, 0.3) is 11.8 Å². The summed E-state index contributed by atoms with van der Waals surface area (Å²) in [6.07, 6.45) is 5.78. The van der Waals surface area contributed by atoms with Crippen molar-refractivity contribution < 1.29 is 28.7 Å². The molecule has 2 N–H and O–H groups in total. The van der Waals surface area contributed by atoms with Crippen molar-refractivity contribution in [2.45, 2.75) is 64.2 Å². The highest BCUT2D eigenvalue weighted by atomic mass is 16.5. The van der Waals surface area contributed by atoms with Crippen LogP contribution in [0.4, 0.5) is 0 Å². The fourth-order valence-electron chi connectivity index (χ4n) is 8.42. The predicted molar refractivity (Wildman–Crippen MR) is 212 cm³/mol. The van der Waals surface area contributed by atoms with E-state index in [9.17, 15) is 24.0 Å². The van der Waals surface area contributed by atoms with E-state index in [2.05, 4.69) is 38.1 Å². The number of piperidine rings is 1. The van der Waals surface area contributed by atoms with Gasteiger partial charge >= 0.3 is 0 Å². The molecule has 3 aromatic heterocycles. The zero-order valence-corrected chi connectivity index (χ0v) is 31.9. The lowest BCUT2D eigenvalue weighted by atomic mass is 9.99. The largest absolute Gasteiger partial charge is 0.381 e. The van der Waals surface area contributed by atoms with Crippen LogP contribution in [0.2, 0.25) is 0 Å². The second-order valence-electron chi connectivity index (χ2n) is 15.0. The summed E-state index contributed by atoms with van der Waals surface area (Å²) in [5.74, 6) is 5.99. The van der Waals surface area contributed by atoms with E-state index < -0.39 is 11.9 Å². The minimum Gasteiger partial charge on any atom is -0.381 e. The topological polar surface area (TPSA) is 169 Å². The normalized spacial score (nSPS) is 18.0. The van der Waals surface area contributed by atoms with Gasteiger partial charge in [0.05, 0.1) is 30.2 Å². The Hall–Kier alpha value is -6.72. The van der Waals surface area contributed by atoms with Gasteiger partial charge in [-0.05, 0) is 60.5 Å². The molecule has 0 spiro atoms. The van der Waals surface area contributed by atoms with Crippen molar-refractivity contribution in [2.24, 2.45) is 0 Å². The fraction of sp³-hybridized carbons (Fsp3) is 0.318. The van der Waals surface area contributed by atoms with Gasteiger partial charge in [-0.15, -0.1) is 0 Å². The van der Waals surface area contributed by atoms with Crippen LogP contribution in [0.15, 0.2) is 67.0 Å². The van der Waals surface area contributed by atoms with E-state index in [-0.39, 0.29) is 55.3 Å². The van der Waals surface area contributed by atoms with Crippen LogP contribution in [0.5, 0.6) is 0 Å². The zero-order chi connectivity index (χ0) is 39.9. The van der Waals surface area contributed by atoms with Crippen molar-refractivity contribution in [1.29, 1.82) is 0 Å². The maximum absolute atomic E-state index is 13.1. The van der Waals surface area contributed by atoms with E-state index in [4.69, 9.17) is 14.7 Å². The average molecular weight is 777 g/mol. The third-order valence-electron chi connectivity index (χ3n) is 11.5. The van der Waals surface area contributed by atoms with E-state index >= 15 is 0 Å². The first-order valence-corrected chi connectivity index (χ1v) is 19.5. The summed E-state index contributed by atoms with van der Waals surface area (Å²) in [6.45, 7) is 5.19. The van der Waals surface area contributed by atoms with Crippen LogP contribution < -0.4 is 10.6 Å². The zero-order valence-electron chi connectivity index (χ0n) is 31.9. The Morgan fingerprint density at radius 2 is 1.78 bits per heavy atom. The maximum Gasteiger partial charge on any atom is 0.270 e. The molecule has 58 heavy (non-hydrogen) atoms. The SMILES string of the molecule is CC(=O)N1CCn2c(C3CCOCC3)nc(-c3cccc4cc(-c5ccc(C(=O)NCC#Cc6cccc7c6CN(C6CCC(=O)NC6=O)C7=O)nc5)ncc34)c2C1. The van der Waals surface area contributed by atoms with Crippen molar-refractivity contribution in [3.8, 4) is 34.4 Å². The lowest BCUT2D eigenvalue weighted by Gasteiger charge is -2.30. The summed E-state index contributed by atoms with van der Waals surface area (Å²) in [4.78, 5) is 80.5. The Morgan fingerprint density at radius 3 is 2.57 bits per heavy atom. The van der Waals surface area contributed by atoms with Gasteiger partial charge in [0.2, 0.25) is 17.7 Å². The number of hydrogen-bond acceptors (Lipinski definition) is 9. The van der Waals surface area contributed by atoms with Gasteiger partial charge in [0.15, 0.2) is 0 Å². The number of hydrogen-bond donors (Lipinski definition) is 2. The highest BCUT2D eigenvalue weighted by Gasteiger charge is 2.40. The minimum atomic E-state index is -0.710. The van der Waals surface area contributed by atoms with Crippen molar-refractivity contribution >= 4 is 40.3 Å². The summed E-state index contributed by atoms with van der Waals surface area (Å²) in [7, 11) is 0. The number of imidazole rings is 1. The number of pyridine rings is 2. The van der Waals surface area contributed by atoms with Gasteiger partial charge in [-0.3, -0.25) is 39.3 Å². The first-order chi connectivity index (χ1) is 28.2. The molecule has 4 aliphatic heterocycles. The van der Waals surface area contributed by atoms with E-state index in [0.29, 0.717) is 47.9 Å². The molecule has 14 heteroatoms. The number of carbonyl (C=O) groups is 5. The molecule has 5 aromatic rings. The Balaban J connectivity index is 0.888. The van der Waals surface area contributed by atoms with Crippen LogP contribution in [0.25, 0.3) is 33.3 Å². The second kappa shape index (κ2) is 15.3. The van der Waals surface area contributed by atoms with Gasteiger partial charge in [0, 0.05) is 92.1 Å². The average Bonchev–Trinajstić information content (AvgIpc) is 3.80. The Bertz CT molecular complexity index is 2580. The summed E-state index contributed by atoms with van der Waals surface area (Å²) >= 11 is 0. The number of nitrogens with one attached hydrogen (secondary N) is 2. The van der Waals surface area contributed by atoms with E-state index in [1.807, 2.05) is 35.4 Å². The van der Waals surface area contributed by atoms with Crippen LogP contribution >= 0.6 is 0 Å². The molecule has 1 unspecified atom stereocenters. The number of aromatic nitrogens is 4. The third-order valence-corrected chi connectivity index (χ3v) is 11.5. The lowest BCUT2D eigenvalue weighted by Crippen LogP contribution is -2.52. The van der Waals surface area contributed by atoms with E-state index in [1.54, 1.807) is 37.4 Å². The Labute approximate surface area is 334 Å². The molecule has 0 aliphatic carbocycles. The molecule has 4 aliphatic rings. The van der Waals surface area contributed by atoms with Crippen LogP contribution in [0, 0.1) is 11.8 Å². The highest BCUT2D eigenvalue weighted by molar-refractivity contribution is 6.05. The molecule has 7 heterocycles. The molecule has 0 radical (unpaired) electrons. The molecule has 2 aromatic carbocycles. The van der Waals surface area contributed by atoms with Crippen LogP contribution in [0.1, 0.15) is 82.0 Å². The minimum absolute atomic E-state index is 0.0502. The number of benzene rings is 2. The van der Waals surface area contributed by atoms with Gasteiger partial charge in [0.1, 0.15) is 17.6 Å². The number of imide groups is 1. The van der Waals surface area contributed by atoms with Crippen molar-refractivity contribution in [2.75, 3.05) is 26.3 Å². The first kappa shape index (κ1) is 36.9. The Kier molecular flexibility index (Phi) is 9.74. The quantitative estimate of drug-likeness (QED) is 0.192. The molecule has 292 valence electrons. The molecule has 1 atom stereocenters. The van der Waals surface area contributed by atoms with Gasteiger partial charge in [-0.1, -0.05) is 36.1 Å². The molecule has 5 amide bonds. The van der Waals surface area contributed by atoms with Gasteiger partial charge in [-0.2, -0.15) is 0 Å². The first-order valence-electron chi connectivity index (χ1n) is 19.5. The smallest absolute Gasteiger partial charge is 0.270 e. The summed E-state index contributed by atoms with van der Waals surface area (Å²) in [6, 6.07) is 16.1. The van der Waals surface area contributed by atoms with Gasteiger partial charge in [-0.25, -0.2) is 4.98 Å². The molecule has 0 saturated carbocycles. The highest BCUT2D eigenvalue weighted by Crippen LogP contribution is 2.38. The number of amides is 5. The third kappa shape index (κ3) is 6.87. The van der Waals surface area contributed by atoms with Crippen molar-refractivity contribution in [3.05, 3.63) is 101 Å². The summed E-state index contributed by atoms with van der Waals surface area (Å²) in [5, 5.41) is 7.04. The lowest BCUT2D eigenvalue weighted by molar-refractivity contribution is -0.137. The molecule has 2 saturated heterocycles. The molecule has 14 nitrogen and oxygen atoms in total. The predicted octanol–water partition coefficient (Wildman–Crippen LogP) is 3.96. The Morgan fingerprint density at radius 1 is 0.948 bits per heavy atom. The standard InChI is InChI=1S/C44H40N8O6/c1-26(53)50-17-18-51-38(25-50)40(49-41(51)28-14-19-58-20-15-28)31-8-3-6-29-21-36(47-23-33(29)31)30-10-11-35(46-22-30)42(55)45-16-4-7-27-5-2-9-32-34(27)24-52(44(32)57)37-12-13-39(54)48-43(37)56/h2-3,5-6,8-11,21-23,28,37H,12-20,24-25H2,1H3,(H,45,55)(H,48,54,56). The van der Waals surface area contributed by atoms with Crippen molar-refractivity contribution in [1.82, 2.24) is 40.0 Å². The van der Waals surface area contributed by atoms with Gasteiger partial charge < -0.3 is 24.4 Å². The summed E-state index contributed by atoms with van der Waals surface area (Å²) in [5.41, 5.74) is 6.41. The molecule has 9 rings (SSSR count). The maximum atomic E-state index is 13.1. The van der Waals surface area contributed by atoms with Crippen LogP contribution in [0.3, 0.4) is 0 Å². The number of nitrogens with zero attached hydrogens (tertiary/aromatic N) is 6.